The van der Waals surface area contributed by atoms with Crippen LogP contribution in [0.4, 0.5) is 5.69 Å². The van der Waals surface area contributed by atoms with Gasteiger partial charge in [-0.05, 0) is 37.1 Å². The van der Waals surface area contributed by atoms with E-state index in [-0.39, 0.29) is 11.4 Å². The summed E-state index contributed by atoms with van der Waals surface area (Å²) in [7, 11) is 0. The Morgan fingerprint density at radius 1 is 1.44 bits per heavy atom. The minimum Gasteiger partial charge on any atom is -0.347 e. The van der Waals surface area contributed by atoms with Crippen molar-refractivity contribution in [3.63, 3.8) is 0 Å². The number of nitrogens with zero attached hydrogens (tertiary/aromatic N) is 1. The summed E-state index contributed by atoms with van der Waals surface area (Å²) in [4.78, 5) is 25.2. The molecule has 1 aromatic carbocycles. The Morgan fingerprint density at radius 2 is 2.19 bits per heavy atom. The third kappa shape index (κ3) is 1.75. The van der Waals surface area contributed by atoms with Gasteiger partial charge in [-0.1, -0.05) is 6.07 Å². The van der Waals surface area contributed by atoms with E-state index in [1.165, 1.54) is 6.08 Å². The summed E-state index contributed by atoms with van der Waals surface area (Å²) in [6, 6.07) is 5.41. The molecule has 1 heterocycles. The second kappa shape index (κ2) is 3.58. The standard InChI is InChI=1S/C12H12N2O2/c1-12(2)10-4-3-9(13-7-15)5-8(10)6-11(16)14-12/h3-5H,6H2,1-2H3,(H,14,16). The Hall–Kier alpha value is -1.93. The third-order valence-corrected chi connectivity index (χ3v) is 2.74. The molecule has 0 saturated carbocycles. The predicted octanol–water partition coefficient (Wildman–Crippen LogP) is 1.56. The number of rotatable bonds is 1. The van der Waals surface area contributed by atoms with Crippen LogP contribution in [0, 0.1) is 0 Å². The number of amides is 1. The molecule has 1 aliphatic rings. The Labute approximate surface area is 93.4 Å². The van der Waals surface area contributed by atoms with E-state index >= 15 is 0 Å². The lowest BCUT2D eigenvalue weighted by Gasteiger charge is -2.33. The van der Waals surface area contributed by atoms with Crippen molar-refractivity contribution in [2.75, 3.05) is 0 Å². The summed E-state index contributed by atoms with van der Waals surface area (Å²) in [5.74, 6) is -0.00951. The molecule has 82 valence electrons. The summed E-state index contributed by atoms with van der Waals surface area (Å²) in [5.41, 5.74) is 2.16. The van der Waals surface area contributed by atoms with Crippen LogP contribution in [-0.4, -0.2) is 12.0 Å². The van der Waals surface area contributed by atoms with Gasteiger partial charge in [0.15, 0.2) is 0 Å². The SMILES string of the molecule is CC1(C)NC(=O)Cc2cc(N=C=O)ccc21. The molecule has 0 radical (unpaired) electrons. The van der Waals surface area contributed by atoms with Crippen molar-refractivity contribution in [1.29, 1.82) is 0 Å². The van der Waals surface area contributed by atoms with E-state index < -0.39 is 0 Å². The van der Waals surface area contributed by atoms with Gasteiger partial charge in [-0.15, -0.1) is 0 Å². The van der Waals surface area contributed by atoms with Gasteiger partial charge in [-0.3, -0.25) is 4.79 Å². The second-order valence-corrected chi connectivity index (χ2v) is 4.39. The molecule has 0 atom stereocenters. The molecule has 0 spiro atoms. The van der Waals surface area contributed by atoms with Gasteiger partial charge in [0.1, 0.15) is 0 Å². The Kier molecular flexibility index (Phi) is 2.37. The molecule has 0 aliphatic carbocycles. The maximum absolute atomic E-state index is 11.5. The molecular weight excluding hydrogens is 204 g/mol. The maximum atomic E-state index is 11.5. The number of aliphatic imine (C=N–C) groups is 1. The monoisotopic (exact) mass is 216 g/mol. The number of carbonyl (C=O) groups excluding carboxylic acids is 2. The molecule has 0 unspecified atom stereocenters. The highest BCUT2D eigenvalue weighted by molar-refractivity contribution is 5.82. The van der Waals surface area contributed by atoms with Crippen LogP contribution in [0.1, 0.15) is 25.0 Å². The Bertz CT molecular complexity index is 500. The molecule has 2 rings (SSSR count). The number of nitrogens with one attached hydrogen (secondary N) is 1. The van der Waals surface area contributed by atoms with Crippen LogP contribution in [0.25, 0.3) is 0 Å². The average Bonchev–Trinajstić information content (AvgIpc) is 2.15. The van der Waals surface area contributed by atoms with Gasteiger partial charge in [0.25, 0.3) is 0 Å². The van der Waals surface area contributed by atoms with E-state index in [2.05, 4.69) is 10.3 Å². The van der Waals surface area contributed by atoms with Gasteiger partial charge in [0.2, 0.25) is 12.0 Å². The summed E-state index contributed by atoms with van der Waals surface area (Å²) in [6.45, 7) is 3.90. The summed E-state index contributed by atoms with van der Waals surface area (Å²) in [6.07, 6.45) is 1.83. The van der Waals surface area contributed by atoms with Crippen molar-refractivity contribution in [2.24, 2.45) is 4.99 Å². The van der Waals surface area contributed by atoms with Crippen LogP contribution >= 0.6 is 0 Å². The fourth-order valence-corrected chi connectivity index (χ4v) is 2.09. The first-order chi connectivity index (χ1) is 7.53. The van der Waals surface area contributed by atoms with Crippen LogP contribution in [0.2, 0.25) is 0 Å². The van der Waals surface area contributed by atoms with Crippen molar-refractivity contribution in [2.45, 2.75) is 25.8 Å². The van der Waals surface area contributed by atoms with E-state index in [1.54, 1.807) is 12.1 Å². The lowest BCUT2D eigenvalue weighted by Crippen LogP contribution is -2.46. The van der Waals surface area contributed by atoms with Crippen molar-refractivity contribution in [3.05, 3.63) is 29.3 Å². The molecule has 1 amide bonds. The molecule has 0 bridgehead atoms. The second-order valence-electron chi connectivity index (χ2n) is 4.39. The molecule has 4 nitrogen and oxygen atoms in total. The first-order valence-corrected chi connectivity index (χ1v) is 5.05. The minimum absolute atomic E-state index is 0.00951. The fourth-order valence-electron chi connectivity index (χ4n) is 2.09. The molecule has 4 heteroatoms. The van der Waals surface area contributed by atoms with E-state index in [4.69, 9.17) is 0 Å². The van der Waals surface area contributed by atoms with Crippen LogP contribution < -0.4 is 5.32 Å². The maximum Gasteiger partial charge on any atom is 0.240 e. The van der Waals surface area contributed by atoms with Crippen LogP contribution in [0.15, 0.2) is 23.2 Å². The van der Waals surface area contributed by atoms with Crippen LogP contribution in [0.3, 0.4) is 0 Å². The zero-order valence-corrected chi connectivity index (χ0v) is 9.20. The lowest BCUT2D eigenvalue weighted by molar-refractivity contribution is -0.122. The van der Waals surface area contributed by atoms with E-state index in [0.717, 1.165) is 11.1 Å². The lowest BCUT2D eigenvalue weighted by atomic mass is 9.85. The molecule has 0 fully saturated rings. The number of isocyanates is 1. The zero-order chi connectivity index (χ0) is 11.8. The number of hydrogen-bond donors (Lipinski definition) is 1. The first-order valence-electron chi connectivity index (χ1n) is 5.05. The molecule has 0 aromatic heterocycles. The van der Waals surface area contributed by atoms with Crippen molar-refractivity contribution >= 4 is 17.7 Å². The van der Waals surface area contributed by atoms with Crippen molar-refractivity contribution < 1.29 is 9.59 Å². The molecular formula is C12H12N2O2. The number of carbonyl (C=O) groups is 1. The number of hydrogen-bond acceptors (Lipinski definition) is 3. The van der Waals surface area contributed by atoms with E-state index in [9.17, 15) is 9.59 Å². The quantitative estimate of drug-likeness (QED) is 0.572. The average molecular weight is 216 g/mol. The first kappa shape index (κ1) is 10.6. The Balaban J connectivity index is 2.54. The minimum atomic E-state index is -0.367. The smallest absolute Gasteiger partial charge is 0.240 e. The van der Waals surface area contributed by atoms with Gasteiger partial charge < -0.3 is 5.32 Å². The number of benzene rings is 1. The van der Waals surface area contributed by atoms with Gasteiger partial charge in [-0.25, -0.2) is 4.79 Å². The highest BCUT2D eigenvalue weighted by Gasteiger charge is 2.30. The Morgan fingerprint density at radius 3 is 2.88 bits per heavy atom. The topological polar surface area (TPSA) is 58.5 Å². The molecule has 0 saturated heterocycles. The zero-order valence-electron chi connectivity index (χ0n) is 9.20. The van der Waals surface area contributed by atoms with Crippen molar-refractivity contribution in [3.8, 4) is 0 Å². The highest BCUT2D eigenvalue weighted by atomic mass is 16.1. The highest BCUT2D eigenvalue weighted by Crippen LogP contribution is 2.30. The van der Waals surface area contributed by atoms with Crippen LogP contribution in [0.5, 0.6) is 0 Å². The molecule has 1 N–H and O–H groups in total. The van der Waals surface area contributed by atoms with Crippen LogP contribution in [-0.2, 0) is 21.5 Å². The van der Waals surface area contributed by atoms with Gasteiger partial charge in [0.05, 0.1) is 17.6 Å². The molecule has 1 aliphatic heterocycles. The summed E-state index contributed by atoms with van der Waals surface area (Å²) >= 11 is 0. The molecule has 16 heavy (non-hydrogen) atoms. The van der Waals surface area contributed by atoms with Gasteiger partial charge >= 0.3 is 0 Å². The summed E-state index contributed by atoms with van der Waals surface area (Å²) in [5, 5.41) is 2.92. The van der Waals surface area contributed by atoms with E-state index in [0.29, 0.717) is 12.1 Å². The van der Waals surface area contributed by atoms with Crippen molar-refractivity contribution in [1.82, 2.24) is 5.32 Å². The summed E-state index contributed by atoms with van der Waals surface area (Å²) < 4.78 is 0. The van der Waals surface area contributed by atoms with E-state index in [1.807, 2.05) is 19.9 Å². The normalized spacial score (nSPS) is 17.0. The number of fused-ring (bicyclic) bond motifs is 1. The van der Waals surface area contributed by atoms with Gasteiger partial charge in [0, 0.05) is 0 Å². The fraction of sp³-hybridized carbons (Fsp3) is 0.333. The third-order valence-electron chi connectivity index (χ3n) is 2.74. The largest absolute Gasteiger partial charge is 0.347 e. The predicted molar refractivity (Wildman–Crippen MR) is 59.1 cm³/mol. The van der Waals surface area contributed by atoms with Gasteiger partial charge in [-0.2, -0.15) is 4.99 Å². The molecule has 1 aromatic rings.